The molecule has 1 atom stereocenters. The quantitative estimate of drug-likeness (QED) is 0.167. The lowest BCUT2D eigenvalue weighted by Crippen LogP contribution is -2.16. The minimum Gasteiger partial charge on any atom is -0.447 e. The summed E-state index contributed by atoms with van der Waals surface area (Å²) in [5.41, 5.74) is 3.63. The van der Waals surface area contributed by atoms with Crippen molar-refractivity contribution < 1.29 is 18.6 Å². The van der Waals surface area contributed by atoms with E-state index in [1.165, 1.54) is 42.4 Å². The zero-order valence-corrected chi connectivity index (χ0v) is 23.5. The van der Waals surface area contributed by atoms with E-state index in [0.717, 1.165) is 44.6 Å². The molecule has 5 heteroatoms. The monoisotopic (exact) mass is 480 g/mol. The molecule has 0 aromatic heterocycles. The van der Waals surface area contributed by atoms with Gasteiger partial charge in [-0.25, -0.2) is 0 Å². The van der Waals surface area contributed by atoms with Gasteiger partial charge >= 0.3 is 0 Å². The van der Waals surface area contributed by atoms with E-state index in [1.54, 1.807) is 14.0 Å². The lowest BCUT2D eigenvalue weighted by Gasteiger charge is -2.28. The van der Waals surface area contributed by atoms with Crippen LogP contribution in [0.15, 0.2) is 12.1 Å². The van der Waals surface area contributed by atoms with Gasteiger partial charge in [0.05, 0.1) is 6.61 Å². The van der Waals surface area contributed by atoms with Crippen molar-refractivity contribution in [1.82, 2.24) is 0 Å². The second-order valence-corrected chi connectivity index (χ2v) is 12.0. The highest BCUT2D eigenvalue weighted by molar-refractivity contribution is 7.46. The maximum Gasteiger partial charge on any atom is 0.226 e. The second kappa shape index (κ2) is 15.8. The molecule has 0 aliphatic carbocycles. The third-order valence-electron chi connectivity index (χ3n) is 5.66. The van der Waals surface area contributed by atoms with Crippen molar-refractivity contribution in [3.8, 4) is 5.75 Å². The number of carbonyl (C=O) groups excluding carboxylic acids is 1. The lowest BCUT2D eigenvalue weighted by molar-refractivity contribution is -0.116. The minimum atomic E-state index is -0.992. The van der Waals surface area contributed by atoms with Crippen LogP contribution in [0.5, 0.6) is 5.75 Å². The third-order valence-corrected chi connectivity index (χ3v) is 6.65. The fourth-order valence-corrected chi connectivity index (χ4v) is 4.79. The fourth-order valence-electron chi connectivity index (χ4n) is 3.88. The maximum absolute atomic E-state index is 11.6. The van der Waals surface area contributed by atoms with E-state index < -0.39 is 8.38 Å². The molecule has 1 rings (SSSR count). The summed E-state index contributed by atoms with van der Waals surface area (Å²) in [6, 6.07) is 4.50. The molecule has 0 amide bonds. The summed E-state index contributed by atoms with van der Waals surface area (Å²) in [6.45, 7) is 16.5. The van der Waals surface area contributed by atoms with E-state index in [2.05, 4.69) is 53.4 Å². The number of rotatable bonds is 17. The van der Waals surface area contributed by atoms with E-state index in [1.807, 2.05) is 0 Å². The molecule has 0 saturated carbocycles. The van der Waals surface area contributed by atoms with Crippen LogP contribution in [0.4, 0.5) is 0 Å². The second-order valence-electron chi connectivity index (χ2n) is 10.7. The van der Waals surface area contributed by atoms with Crippen LogP contribution in [0.1, 0.15) is 103 Å². The van der Waals surface area contributed by atoms with Crippen LogP contribution in [0, 0.1) is 5.92 Å². The first-order chi connectivity index (χ1) is 15.5. The molecular formula is C28H49O4P. The number of ketones is 1. The average Bonchev–Trinajstić information content (AvgIpc) is 2.71. The highest BCUT2D eigenvalue weighted by Crippen LogP contribution is 2.44. The molecule has 1 aromatic carbocycles. The van der Waals surface area contributed by atoms with Crippen LogP contribution in [-0.2, 0) is 32.3 Å². The maximum atomic E-state index is 11.6. The highest BCUT2D eigenvalue weighted by Gasteiger charge is 2.25. The van der Waals surface area contributed by atoms with Gasteiger partial charge in [-0.1, -0.05) is 72.4 Å². The Morgan fingerprint density at radius 1 is 1.00 bits per heavy atom. The first-order valence-electron chi connectivity index (χ1n) is 12.7. The molecule has 0 N–H and O–H groups in total. The Bertz CT molecular complexity index is 694. The van der Waals surface area contributed by atoms with Gasteiger partial charge in [-0.15, -0.1) is 0 Å². The normalized spacial score (nSPS) is 12.9. The molecule has 0 spiro atoms. The summed E-state index contributed by atoms with van der Waals surface area (Å²) in [5, 5.41) is 0. The molecule has 190 valence electrons. The number of benzene rings is 1. The summed E-state index contributed by atoms with van der Waals surface area (Å²) in [7, 11) is 0.773. The van der Waals surface area contributed by atoms with Gasteiger partial charge in [0.25, 0.3) is 0 Å². The molecule has 0 aliphatic rings. The molecule has 4 nitrogen and oxygen atoms in total. The van der Waals surface area contributed by atoms with Gasteiger partial charge in [-0.05, 0) is 55.1 Å². The van der Waals surface area contributed by atoms with Crippen molar-refractivity contribution in [2.24, 2.45) is 5.92 Å². The van der Waals surface area contributed by atoms with Gasteiger partial charge in [-0.3, -0.25) is 0 Å². The van der Waals surface area contributed by atoms with Crippen LogP contribution in [-0.4, -0.2) is 32.8 Å². The Morgan fingerprint density at radius 2 is 1.61 bits per heavy atom. The van der Waals surface area contributed by atoms with E-state index >= 15 is 0 Å². The van der Waals surface area contributed by atoms with E-state index in [4.69, 9.17) is 13.8 Å². The molecule has 33 heavy (non-hydrogen) atoms. The molecule has 0 heterocycles. The SMILES string of the molecule is COCCCCCCCCOP(C)Oc1c(CC(C)C)cc(CCC(C)=O)cc1C(C)(C)C. The lowest BCUT2D eigenvalue weighted by atomic mass is 9.82. The molecule has 0 saturated heterocycles. The standard InChI is InChI=1S/C28H49O4P/c1-22(2)19-25-20-24(16-15-23(3)29)21-26(28(4,5)6)27(25)32-33(8)31-18-14-12-10-9-11-13-17-30-7/h20-22H,9-19H2,1-8H3. The zero-order valence-electron chi connectivity index (χ0n) is 22.6. The van der Waals surface area contributed by atoms with Crippen molar-refractivity contribution in [3.63, 3.8) is 0 Å². The molecule has 0 aliphatic heterocycles. The predicted octanol–water partition coefficient (Wildman–Crippen LogP) is 8.03. The number of Topliss-reactive ketones (excluding diaryl/α,β-unsaturated/α-hetero) is 1. The van der Waals surface area contributed by atoms with Crippen LogP contribution in [0.2, 0.25) is 0 Å². The number of hydrogen-bond donors (Lipinski definition) is 0. The van der Waals surface area contributed by atoms with Gasteiger partial charge in [0, 0.05) is 32.4 Å². The van der Waals surface area contributed by atoms with E-state index in [9.17, 15) is 4.79 Å². The van der Waals surface area contributed by atoms with E-state index in [-0.39, 0.29) is 11.2 Å². The van der Waals surface area contributed by atoms with Crippen molar-refractivity contribution >= 4 is 14.2 Å². The molecule has 0 fully saturated rings. The summed E-state index contributed by atoms with van der Waals surface area (Å²) < 4.78 is 17.7. The summed E-state index contributed by atoms with van der Waals surface area (Å²) in [6.07, 6.45) is 9.53. The van der Waals surface area contributed by atoms with Crippen molar-refractivity contribution in [3.05, 3.63) is 28.8 Å². The topological polar surface area (TPSA) is 44.8 Å². The van der Waals surface area contributed by atoms with Gasteiger partial charge < -0.3 is 18.6 Å². The van der Waals surface area contributed by atoms with E-state index in [0.29, 0.717) is 12.3 Å². The Balaban J connectivity index is 2.80. The van der Waals surface area contributed by atoms with Crippen LogP contribution in [0.25, 0.3) is 0 Å². The van der Waals surface area contributed by atoms with Gasteiger partial charge in [0.1, 0.15) is 11.5 Å². The van der Waals surface area contributed by atoms with Gasteiger partial charge in [0.2, 0.25) is 8.38 Å². The zero-order chi connectivity index (χ0) is 24.9. The minimum absolute atomic E-state index is 0.0493. The Labute approximate surface area is 205 Å². The first kappa shape index (κ1) is 30.1. The summed E-state index contributed by atoms with van der Waals surface area (Å²) in [4.78, 5) is 11.6. The smallest absolute Gasteiger partial charge is 0.226 e. The molecule has 0 radical (unpaired) electrons. The Hall–Kier alpha value is -0.960. The predicted molar refractivity (Wildman–Crippen MR) is 142 cm³/mol. The van der Waals surface area contributed by atoms with Gasteiger partial charge in [0.15, 0.2) is 0 Å². The van der Waals surface area contributed by atoms with Crippen LogP contribution >= 0.6 is 8.38 Å². The van der Waals surface area contributed by atoms with Crippen molar-refractivity contribution in [1.29, 1.82) is 0 Å². The number of carbonyl (C=O) groups is 1. The highest BCUT2D eigenvalue weighted by atomic mass is 31.2. The first-order valence-corrected chi connectivity index (χ1v) is 14.4. The van der Waals surface area contributed by atoms with Crippen molar-refractivity contribution in [2.45, 2.75) is 105 Å². The largest absolute Gasteiger partial charge is 0.447 e. The Kier molecular flexibility index (Phi) is 14.4. The summed E-state index contributed by atoms with van der Waals surface area (Å²) in [5.74, 6) is 1.75. The molecule has 1 unspecified atom stereocenters. The van der Waals surface area contributed by atoms with Crippen molar-refractivity contribution in [2.75, 3.05) is 27.0 Å². The Morgan fingerprint density at radius 3 is 2.15 bits per heavy atom. The number of aryl methyl sites for hydroxylation is 1. The number of unbranched alkanes of at least 4 members (excludes halogenated alkanes) is 5. The molecule has 1 aromatic rings. The molecular weight excluding hydrogens is 431 g/mol. The number of ether oxygens (including phenoxy) is 1. The van der Waals surface area contributed by atoms with Crippen LogP contribution in [0.3, 0.4) is 0 Å². The summed E-state index contributed by atoms with van der Waals surface area (Å²) >= 11 is 0. The average molecular weight is 481 g/mol. The van der Waals surface area contributed by atoms with Crippen LogP contribution < -0.4 is 4.52 Å². The number of methoxy groups -OCH3 is 1. The fraction of sp³-hybridized carbons (Fsp3) is 0.750. The third kappa shape index (κ3) is 12.9. The van der Waals surface area contributed by atoms with Gasteiger partial charge in [-0.2, -0.15) is 0 Å². The molecule has 0 bridgehead atoms. The number of hydrogen-bond acceptors (Lipinski definition) is 4.